The van der Waals surface area contributed by atoms with Crippen LogP contribution in [0.15, 0.2) is 36.4 Å². The van der Waals surface area contributed by atoms with Crippen molar-refractivity contribution in [3.05, 3.63) is 41.3 Å². The van der Waals surface area contributed by atoms with Gasteiger partial charge in [0.15, 0.2) is 6.29 Å². The Morgan fingerprint density at radius 1 is 1.35 bits per heavy atom. The fraction of sp³-hybridized carbons (Fsp3) is 0.375. The molecule has 1 aromatic carbocycles. The molecule has 1 fully saturated rings. The van der Waals surface area contributed by atoms with Gasteiger partial charge < -0.3 is 4.74 Å². The molecule has 1 aliphatic rings. The van der Waals surface area contributed by atoms with Gasteiger partial charge in [0, 0.05) is 29.1 Å². The molecule has 1 N–H and O–H groups in total. The maximum atomic E-state index is 5.48. The predicted molar refractivity (Wildman–Crippen MR) is 83.5 cm³/mol. The van der Waals surface area contributed by atoms with Crippen molar-refractivity contribution < 1.29 is 9.57 Å². The Morgan fingerprint density at radius 3 is 3.15 bits per heavy atom. The lowest BCUT2D eigenvalue weighted by Gasteiger charge is -2.21. The zero-order chi connectivity index (χ0) is 13.6. The normalized spacial score (nSPS) is 19.9. The third-order valence-electron chi connectivity index (χ3n) is 3.28. The number of hydroxylamine groups is 1. The van der Waals surface area contributed by atoms with Crippen molar-refractivity contribution in [2.45, 2.75) is 25.6 Å². The van der Waals surface area contributed by atoms with Crippen LogP contribution in [-0.2, 0) is 9.57 Å². The molecule has 3 nitrogen and oxygen atoms in total. The van der Waals surface area contributed by atoms with E-state index in [2.05, 4.69) is 48.0 Å². The van der Waals surface area contributed by atoms with Gasteiger partial charge in [-0.25, -0.2) is 0 Å². The summed E-state index contributed by atoms with van der Waals surface area (Å²) in [6, 6.07) is 10.7. The summed E-state index contributed by atoms with van der Waals surface area (Å²) in [6.07, 6.45) is 7.43. The monoisotopic (exact) mass is 289 g/mol. The van der Waals surface area contributed by atoms with Crippen LogP contribution in [0.2, 0.25) is 0 Å². The first-order chi connectivity index (χ1) is 9.92. The molecule has 2 heterocycles. The van der Waals surface area contributed by atoms with Crippen molar-refractivity contribution in [3.8, 4) is 0 Å². The van der Waals surface area contributed by atoms with Crippen molar-refractivity contribution in [3.63, 3.8) is 0 Å². The molecular formula is C16H19NO2S. The molecule has 0 radical (unpaired) electrons. The number of nitrogens with one attached hydrogen (secondary N) is 1. The summed E-state index contributed by atoms with van der Waals surface area (Å²) in [5.41, 5.74) is 2.95. The van der Waals surface area contributed by atoms with Crippen LogP contribution in [0.3, 0.4) is 0 Å². The van der Waals surface area contributed by atoms with Crippen LogP contribution < -0.4 is 5.48 Å². The lowest BCUT2D eigenvalue weighted by molar-refractivity contribution is -0.194. The van der Waals surface area contributed by atoms with Crippen LogP contribution in [0.25, 0.3) is 16.2 Å². The van der Waals surface area contributed by atoms with E-state index >= 15 is 0 Å². The fourth-order valence-corrected chi connectivity index (χ4v) is 3.25. The molecule has 1 saturated heterocycles. The van der Waals surface area contributed by atoms with E-state index in [1.807, 2.05) is 0 Å². The highest BCUT2D eigenvalue weighted by Gasteiger charge is 2.13. The minimum atomic E-state index is -0.0820. The standard InChI is InChI=1S/C16H19NO2S/c1-2-8-15-13(6-1)12-14(20-15)7-5-10-17-19-16-9-3-4-11-18-16/h1-2,5-8,12,16-17H,3-4,9-11H2. The van der Waals surface area contributed by atoms with Gasteiger partial charge in [-0.05, 0) is 36.4 Å². The minimum Gasteiger partial charge on any atom is -0.351 e. The molecule has 1 aromatic heterocycles. The summed E-state index contributed by atoms with van der Waals surface area (Å²) in [6.45, 7) is 1.50. The second-order valence-electron chi connectivity index (χ2n) is 4.85. The SMILES string of the molecule is C(=Cc1cc2ccccc2s1)CNOC1CCCCO1. The van der Waals surface area contributed by atoms with Crippen molar-refractivity contribution in [2.75, 3.05) is 13.2 Å². The summed E-state index contributed by atoms with van der Waals surface area (Å²) < 4.78 is 6.80. The van der Waals surface area contributed by atoms with E-state index in [1.54, 1.807) is 11.3 Å². The van der Waals surface area contributed by atoms with Crippen LogP contribution in [-0.4, -0.2) is 19.4 Å². The zero-order valence-corrected chi connectivity index (χ0v) is 12.2. The Morgan fingerprint density at radius 2 is 2.30 bits per heavy atom. The van der Waals surface area contributed by atoms with Crippen molar-refractivity contribution in [1.82, 2.24) is 5.48 Å². The Kier molecular flexibility index (Phi) is 4.82. The maximum absolute atomic E-state index is 5.48. The van der Waals surface area contributed by atoms with Gasteiger partial charge in [0.2, 0.25) is 0 Å². The van der Waals surface area contributed by atoms with Crippen LogP contribution in [0, 0.1) is 0 Å². The molecule has 0 aliphatic carbocycles. The zero-order valence-electron chi connectivity index (χ0n) is 11.4. The molecule has 1 atom stereocenters. The molecule has 1 unspecified atom stereocenters. The number of hydrogen-bond donors (Lipinski definition) is 1. The molecule has 2 aromatic rings. The van der Waals surface area contributed by atoms with E-state index in [4.69, 9.17) is 9.57 Å². The number of hydrogen-bond acceptors (Lipinski definition) is 4. The Bertz CT molecular complexity index is 540. The Balaban J connectivity index is 1.45. The number of ether oxygens (including phenoxy) is 1. The number of rotatable bonds is 5. The predicted octanol–water partition coefficient (Wildman–Crippen LogP) is 3.96. The van der Waals surface area contributed by atoms with Gasteiger partial charge in [-0.2, -0.15) is 5.48 Å². The summed E-state index contributed by atoms with van der Waals surface area (Å²) >= 11 is 1.80. The molecule has 0 saturated carbocycles. The van der Waals surface area contributed by atoms with Gasteiger partial charge in [0.05, 0.1) is 0 Å². The van der Waals surface area contributed by atoms with E-state index in [1.165, 1.54) is 21.4 Å². The van der Waals surface area contributed by atoms with Crippen LogP contribution in [0.4, 0.5) is 0 Å². The molecule has 0 bridgehead atoms. The average Bonchev–Trinajstić information content (AvgIpc) is 2.90. The Labute approximate surface area is 123 Å². The maximum Gasteiger partial charge on any atom is 0.177 e. The smallest absolute Gasteiger partial charge is 0.177 e. The second-order valence-corrected chi connectivity index (χ2v) is 5.97. The molecule has 0 spiro atoms. The van der Waals surface area contributed by atoms with Gasteiger partial charge in [0.25, 0.3) is 0 Å². The lowest BCUT2D eigenvalue weighted by Crippen LogP contribution is -2.29. The third-order valence-corrected chi connectivity index (χ3v) is 4.36. The molecule has 3 rings (SSSR count). The molecule has 1 aliphatic heterocycles. The molecule has 20 heavy (non-hydrogen) atoms. The molecule has 0 amide bonds. The molecular weight excluding hydrogens is 270 g/mol. The third kappa shape index (κ3) is 3.67. The first kappa shape index (κ1) is 13.8. The number of benzene rings is 1. The van der Waals surface area contributed by atoms with Crippen LogP contribution >= 0.6 is 11.3 Å². The van der Waals surface area contributed by atoms with Gasteiger partial charge >= 0.3 is 0 Å². The Hall–Kier alpha value is -1.20. The van der Waals surface area contributed by atoms with Crippen LogP contribution in [0.1, 0.15) is 24.1 Å². The van der Waals surface area contributed by atoms with E-state index in [0.29, 0.717) is 6.54 Å². The van der Waals surface area contributed by atoms with E-state index < -0.39 is 0 Å². The van der Waals surface area contributed by atoms with Gasteiger partial charge in [-0.3, -0.25) is 4.84 Å². The first-order valence-corrected chi connectivity index (χ1v) is 7.89. The molecule has 106 valence electrons. The minimum absolute atomic E-state index is 0.0820. The van der Waals surface area contributed by atoms with Gasteiger partial charge in [-0.1, -0.05) is 24.3 Å². The van der Waals surface area contributed by atoms with Crippen molar-refractivity contribution in [1.29, 1.82) is 0 Å². The number of thiophene rings is 1. The highest BCUT2D eigenvalue weighted by atomic mass is 32.1. The summed E-state index contributed by atoms with van der Waals surface area (Å²) in [4.78, 5) is 6.73. The first-order valence-electron chi connectivity index (χ1n) is 7.07. The van der Waals surface area contributed by atoms with E-state index in [0.717, 1.165) is 19.4 Å². The average molecular weight is 289 g/mol. The van der Waals surface area contributed by atoms with Crippen molar-refractivity contribution >= 4 is 27.5 Å². The highest BCUT2D eigenvalue weighted by molar-refractivity contribution is 7.19. The summed E-state index contributed by atoms with van der Waals surface area (Å²) in [5, 5.41) is 1.30. The molecule has 4 heteroatoms. The fourth-order valence-electron chi connectivity index (χ4n) is 2.25. The summed E-state index contributed by atoms with van der Waals surface area (Å²) in [5.74, 6) is 0. The lowest BCUT2D eigenvalue weighted by atomic mass is 10.2. The topological polar surface area (TPSA) is 30.5 Å². The number of fused-ring (bicyclic) bond motifs is 1. The van der Waals surface area contributed by atoms with Gasteiger partial charge in [0.1, 0.15) is 0 Å². The quantitative estimate of drug-likeness (QED) is 0.667. The van der Waals surface area contributed by atoms with Crippen molar-refractivity contribution in [2.24, 2.45) is 0 Å². The highest BCUT2D eigenvalue weighted by Crippen LogP contribution is 2.25. The summed E-state index contributed by atoms with van der Waals surface area (Å²) in [7, 11) is 0. The largest absolute Gasteiger partial charge is 0.351 e. The van der Waals surface area contributed by atoms with E-state index in [-0.39, 0.29) is 6.29 Å². The van der Waals surface area contributed by atoms with Gasteiger partial charge in [-0.15, -0.1) is 11.3 Å². The second kappa shape index (κ2) is 6.99. The van der Waals surface area contributed by atoms with E-state index in [9.17, 15) is 0 Å². The van der Waals surface area contributed by atoms with Crippen LogP contribution in [0.5, 0.6) is 0 Å².